The van der Waals surface area contributed by atoms with Crippen molar-refractivity contribution in [2.45, 2.75) is 335 Å². The summed E-state index contributed by atoms with van der Waals surface area (Å²) in [4.78, 5) is 38.3. The summed E-state index contributed by atoms with van der Waals surface area (Å²) in [6.45, 7) is 6.58. The molecule has 0 fully saturated rings. The molecule has 6 heteroatoms. The SMILES string of the molecule is CC/C=C\C/C=C\C/C=C\C/C=C\CCCCCCCCCCC(=O)OCC(COC(=O)CCCCCCCCCCCCCCCC)OC(=O)CCCCCCCCCCCCCCCCCCCC. The van der Waals surface area contributed by atoms with Gasteiger partial charge in [-0.1, -0.05) is 301 Å². The predicted molar refractivity (Wildman–Crippen MR) is 307 cm³/mol. The molecule has 1 atom stereocenters. The fraction of sp³-hybridized carbons (Fsp3) is 0.831. The van der Waals surface area contributed by atoms with Crippen molar-refractivity contribution in [1.82, 2.24) is 0 Å². The fourth-order valence-electron chi connectivity index (χ4n) is 9.20. The quantitative estimate of drug-likeness (QED) is 0.0261. The molecule has 1 unspecified atom stereocenters. The maximum absolute atomic E-state index is 12.9. The lowest BCUT2D eigenvalue weighted by Crippen LogP contribution is -2.30. The molecule has 0 amide bonds. The van der Waals surface area contributed by atoms with E-state index in [1.165, 1.54) is 199 Å². The lowest BCUT2D eigenvalue weighted by Gasteiger charge is -2.18. The molecule has 6 nitrogen and oxygen atoms in total. The van der Waals surface area contributed by atoms with Crippen LogP contribution in [0.15, 0.2) is 48.6 Å². The molecule has 0 rings (SSSR count). The Bertz CT molecular complexity index is 1230. The highest BCUT2D eigenvalue weighted by molar-refractivity contribution is 5.71. The molecule has 0 aromatic rings. The molecule has 0 radical (unpaired) electrons. The van der Waals surface area contributed by atoms with E-state index in [4.69, 9.17) is 14.2 Å². The summed E-state index contributed by atoms with van der Waals surface area (Å²) >= 11 is 0. The van der Waals surface area contributed by atoms with Crippen LogP contribution < -0.4 is 0 Å². The van der Waals surface area contributed by atoms with Crippen LogP contribution in [0.4, 0.5) is 0 Å². The van der Waals surface area contributed by atoms with Crippen molar-refractivity contribution in [2.24, 2.45) is 0 Å². The summed E-state index contributed by atoms with van der Waals surface area (Å²) < 4.78 is 16.9. The maximum Gasteiger partial charge on any atom is 0.306 e. The number of ether oxygens (including phenoxy) is 3. The van der Waals surface area contributed by atoms with E-state index >= 15 is 0 Å². The molecule has 0 N–H and O–H groups in total. The number of unbranched alkanes of at least 4 members (excludes halogenated alkanes) is 38. The van der Waals surface area contributed by atoms with Crippen LogP contribution in [0.25, 0.3) is 0 Å². The number of rotatable bonds is 57. The van der Waals surface area contributed by atoms with Crippen LogP contribution in [-0.4, -0.2) is 37.2 Å². The van der Waals surface area contributed by atoms with Crippen molar-refractivity contribution in [3.63, 3.8) is 0 Å². The van der Waals surface area contributed by atoms with Crippen LogP contribution in [0, 0.1) is 0 Å². The zero-order valence-electron chi connectivity index (χ0n) is 47.5. The molecule has 0 aliphatic heterocycles. The Balaban J connectivity index is 4.33. The van der Waals surface area contributed by atoms with Crippen LogP contribution in [0.5, 0.6) is 0 Å². The van der Waals surface area contributed by atoms with Crippen LogP contribution in [0.3, 0.4) is 0 Å². The molecule has 0 aliphatic rings. The van der Waals surface area contributed by atoms with Gasteiger partial charge in [0.25, 0.3) is 0 Å². The van der Waals surface area contributed by atoms with Crippen LogP contribution in [0.1, 0.15) is 329 Å². The number of carbonyl (C=O) groups is 3. The van der Waals surface area contributed by atoms with Crippen molar-refractivity contribution in [1.29, 1.82) is 0 Å². The van der Waals surface area contributed by atoms with Crippen molar-refractivity contribution in [3.05, 3.63) is 48.6 Å². The Morgan fingerprint density at radius 1 is 0.296 bits per heavy atom. The number of esters is 3. The van der Waals surface area contributed by atoms with Gasteiger partial charge in [0.15, 0.2) is 6.10 Å². The summed E-state index contributed by atoms with van der Waals surface area (Å²) in [5.41, 5.74) is 0. The molecule has 0 aromatic carbocycles. The monoisotopic (exact) mass is 995 g/mol. The zero-order chi connectivity index (χ0) is 51.4. The molecule has 0 bridgehead atoms. The predicted octanol–water partition coefficient (Wildman–Crippen LogP) is 21.0. The minimum Gasteiger partial charge on any atom is -0.462 e. The van der Waals surface area contributed by atoms with Crippen LogP contribution in [0.2, 0.25) is 0 Å². The first-order valence-electron chi connectivity index (χ1n) is 31.1. The lowest BCUT2D eigenvalue weighted by molar-refractivity contribution is -0.167. The molecule has 0 aromatic heterocycles. The average Bonchev–Trinajstić information content (AvgIpc) is 3.37. The highest BCUT2D eigenvalue weighted by atomic mass is 16.6. The highest BCUT2D eigenvalue weighted by Crippen LogP contribution is 2.17. The van der Waals surface area contributed by atoms with Gasteiger partial charge in [-0.2, -0.15) is 0 Å². The first-order valence-corrected chi connectivity index (χ1v) is 31.1. The summed E-state index contributed by atoms with van der Waals surface area (Å²) in [5.74, 6) is -0.856. The second-order valence-electron chi connectivity index (χ2n) is 21.0. The Morgan fingerprint density at radius 2 is 0.549 bits per heavy atom. The van der Waals surface area contributed by atoms with Crippen molar-refractivity contribution in [3.8, 4) is 0 Å². The number of carbonyl (C=O) groups excluding carboxylic acids is 3. The first kappa shape index (κ1) is 68.4. The molecule has 71 heavy (non-hydrogen) atoms. The summed E-state index contributed by atoms with van der Waals surface area (Å²) in [6, 6.07) is 0. The third-order valence-corrected chi connectivity index (χ3v) is 13.8. The van der Waals surface area contributed by atoms with Gasteiger partial charge < -0.3 is 14.2 Å². The Hall–Kier alpha value is -2.63. The minimum atomic E-state index is -0.773. The van der Waals surface area contributed by atoms with Crippen molar-refractivity contribution < 1.29 is 28.6 Å². The van der Waals surface area contributed by atoms with E-state index in [1.807, 2.05) is 0 Å². The van der Waals surface area contributed by atoms with Gasteiger partial charge in [0, 0.05) is 19.3 Å². The third kappa shape index (κ3) is 58.1. The summed E-state index contributed by atoms with van der Waals surface area (Å²) in [6.07, 6.45) is 73.9. The zero-order valence-corrected chi connectivity index (χ0v) is 47.5. The van der Waals surface area contributed by atoms with Crippen molar-refractivity contribution >= 4 is 17.9 Å². The van der Waals surface area contributed by atoms with E-state index in [1.54, 1.807) is 0 Å². The lowest BCUT2D eigenvalue weighted by atomic mass is 10.0. The fourth-order valence-corrected chi connectivity index (χ4v) is 9.20. The van der Waals surface area contributed by atoms with E-state index in [9.17, 15) is 14.4 Å². The molecule has 0 saturated carbocycles. The average molecular weight is 996 g/mol. The molecule has 0 aliphatic carbocycles. The number of allylic oxidation sites excluding steroid dienone is 8. The van der Waals surface area contributed by atoms with Gasteiger partial charge in [-0.3, -0.25) is 14.4 Å². The Kier molecular flexibility index (Phi) is 57.7. The Labute approximate surface area is 441 Å². The van der Waals surface area contributed by atoms with E-state index in [-0.39, 0.29) is 31.1 Å². The highest BCUT2D eigenvalue weighted by Gasteiger charge is 2.19. The van der Waals surface area contributed by atoms with Crippen molar-refractivity contribution in [2.75, 3.05) is 13.2 Å². The maximum atomic E-state index is 12.9. The van der Waals surface area contributed by atoms with E-state index in [0.29, 0.717) is 19.3 Å². The topological polar surface area (TPSA) is 78.9 Å². The Morgan fingerprint density at radius 3 is 0.859 bits per heavy atom. The second kappa shape index (κ2) is 59.9. The molecule has 0 heterocycles. The number of hydrogen-bond donors (Lipinski definition) is 0. The first-order chi connectivity index (χ1) is 35.0. The van der Waals surface area contributed by atoms with Gasteiger partial charge in [0.2, 0.25) is 0 Å². The van der Waals surface area contributed by atoms with E-state index < -0.39 is 6.10 Å². The molecule has 414 valence electrons. The van der Waals surface area contributed by atoms with Gasteiger partial charge in [-0.05, 0) is 57.8 Å². The van der Waals surface area contributed by atoms with Gasteiger partial charge in [-0.15, -0.1) is 0 Å². The summed E-state index contributed by atoms with van der Waals surface area (Å²) in [7, 11) is 0. The van der Waals surface area contributed by atoms with Gasteiger partial charge >= 0.3 is 17.9 Å². The largest absolute Gasteiger partial charge is 0.462 e. The minimum absolute atomic E-state index is 0.0704. The van der Waals surface area contributed by atoms with Gasteiger partial charge in [0.05, 0.1) is 0 Å². The molecule has 0 saturated heterocycles. The van der Waals surface area contributed by atoms with E-state index in [2.05, 4.69) is 69.4 Å². The smallest absolute Gasteiger partial charge is 0.306 e. The van der Waals surface area contributed by atoms with Crippen LogP contribution >= 0.6 is 0 Å². The normalized spacial score (nSPS) is 12.3. The summed E-state index contributed by atoms with van der Waals surface area (Å²) in [5, 5.41) is 0. The van der Waals surface area contributed by atoms with Gasteiger partial charge in [-0.25, -0.2) is 0 Å². The van der Waals surface area contributed by atoms with Crippen LogP contribution in [-0.2, 0) is 28.6 Å². The third-order valence-electron chi connectivity index (χ3n) is 13.8. The second-order valence-corrected chi connectivity index (χ2v) is 21.0. The van der Waals surface area contributed by atoms with E-state index in [0.717, 1.165) is 89.9 Å². The molecular weight excluding hydrogens is 877 g/mol. The van der Waals surface area contributed by atoms with Gasteiger partial charge in [0.1, 0.15) is 13.2 Å². The number of hydrogen-bond acceptors (Lipinski definition) is 6. The molecule has 0 spiro atoms. The standard InChI is InChI=1S/C65H118O6/c1-4-7-10-13-16-19-22-25-28-30-32-33-34-36-37-40-43-46-49-52-55-58-64(67)70-61-62(60-69-63(66)57-54-51-48-45-42-39-27-24-21-18-15-12-9-6-3)71-65(68)59-56-53-50-47-44-41-38-35-31-29-26-23-20-17-14-11-8-5-2/h7,10,16,19,25,28,32-33,62H,4-6,8-9,11-15,17-18,20-24,26-27,29-31,34-61H2,1-3H3/b10-7-,19-16-,28-25-,33-32-. The molecular formula is C65H118O6.